The van der Waals surface area contributed by atoms with E-state index in [1.54, 1.807) is 17.2 Å². The van der Waals surface area contributed by atoms with E-state index in [0.717, 1.165) is 18.5 Å². The second kappa shape index (κ2) is 7.74. The van der Waals surface area contributed by atoms with Crippen LogP contribution in [0.3, 0.4) is 0 Å². The summed E-state index contributed by atoms with van der Waals surface area (Å²) in [5, 5.41) is 8.54. The molecule has 2 N–H and O–H groups in total. The van der Waals surface area contributed by atoms with Gasteiger partial charge in [0.05, 0.1) is 11.9 Å². The maximum Gasteiger partial charge on any atom is 0.246 e. The number of benzene rings is 1. The van der Waals surface area contributed by atoms with Crippen molar-refractivity contribution in [1.82, 2.24) is 19.9 Å². The summed E-state index contributed by atoms with van der Waals surface area (Å²) >= 11 is 0. The Kier molecular flexibility index (Phi) is 5.23. The zero-order chi connectivity index (χ0) is 17.6. The SMILES string of the molecule is NC(=O)CC1CCN(C(=O)/C=C/c2cnn(-c3ccccc3)n2)CC1. The lowest BCUT2D eigenvalue weighted by atomic mass is 9.93. The maximum atomic E-state index is 12.3. The van der Waals surface area contributed by atoms with Gasteiger partial charge in [-0.3, -0.25) is 9.59 Å². The number of nitrogens with zero attached hydrogens (tertiary/aromatic N) is 4. The van der Waals surface area contributed by atoms with Crippen LogP contribution in [0.25, 0.3) is 11.8 Å². The number of primary amides is 1. The Morgan fingerprint density at radius 3 is 2.60 bits per heavy atom. The van der Waals surface area contributed by atoms with Crippen molar-refractivity contribution in [1.29, 1.82) is 0 Å². The molecule has 7 heteroatoms. The molecule has 25 heavy (non-hydrogen) atoms. The molecule has 0 unspecified atom stereocenters. The van der Waals surface area contributed by atoms with Crippen LogP contribution in [-0.2, 0) is 9.59 Å². The van der Waals surface area contributed by atoms with Crippen molar-refractivity contribution in [3.8, 4) is 5.69 Å². The first kappa shape index (κ1) is 16.9. The highest BCUT2D eigenvalue weighted by Gasteiger charge is 2.22. The van der Waals surface area contributed by atoms with Crippen LogP contribution in [0.5, 0.6) is 0 Å². The summed E-state index contributed by atoms with van der Waals surface area (Å²) in [4.78, 5) is 26.5. The number of piperidine rings is 1. The molecule has 2 aromatic rings. The van der Waals surface area contributed by atoms with Gasteiger partial charge >= 0.3 is 0 Å². The number of para-hydroxylation sites is 1. The molecule has 0 radical (unpaired) electrons. The summed E-state index contributed by atoms with van der Waals surface area (Å²) in [5.41, 5.74) is 6.72. The van der Waals surface area contributed by atoms with Crippen LogP contribution in [0, 0.1) is 5.92 Å². The Hall–Kier alpha value is -2.96. The lowest BCUT2D eigenvalue weighted by molar-refractivity contribution is -0.127. The fourth-order valence-electron chi connectivity index (χ4n) is 2.94. The predicted octanol–water partition coefficient (Wildman–Crippen LogP) is 1.39. The van der Waals surface area contributed by atoms with Gasteiger partial charge in [-0.1, -0.05) is 18.2 Å². The van der Waals surface area contributed by atoms with Gasteiger partial charge in [-0.05, 0) is 37.0 Å². The van der Waals surface area contributed by atoms with E-state index in [1.165, 1.54) is 10.9 Å². The van der Waals surface area contributed by atoms with Crippen molar-refractivity contribution >= 4 is 17.9 Å². The van der Waals surface area contributed by atoms with Gasteiger partial charge in [0.15, 0.2) is 0 Å². The van der Waals surface area contributed by atoms with Gasteiger partial charge in [0.1, 0.15) is 5.69 Å². The van der Waals surface area contributed by atoms with Crippen molar-refractivity contribution in [2.45, 2.75) is 19.3 Å². The molecular weight excluding hydrogens is 318 g/mol. The third-order valence-electron chi connectivity index (χ3n) is 4.31. The molecule has 0 atom stereocenters. The number of aromatic nitrogens is 3. The highest BCUT2D eigenvalue weighted by atomic mass is 16.2. The second-order valence-electron chi connectivity index (χ2n) is 6.17. The minimum atomic E-state index is -0.272. The molecule has 1 aromatic carbocycles. The summed E-state index contributed by atoms with van der Waals surface area (Å²) in [5.74, 6) is -0.0331. The minimum Gasteiger partial charge on any atom is -0.370 e. The summed E-state index contributed by atoms with van der Waals surface area (Å²) in [6, 6.07) is 9.59. The number of carbonyl (C=O) groups excluding carboxylic acids is 2. The monoisotopic (exact) mass is 339 g/mol. The quantitative estimate of drug-likeness (QED) is 0.833. The predicted molar refractivity (Wildman–Crippen MR) is 93.5 cm³/mol. The van der Waals surface area contributed by atoms with Gasteiger partial charge in [-0.25, -0.2) is 0 Å². The Morgan fingerprint density at radius 2 is 1.92 bits per heavy atom. The summed E-state index contributed by atoms with van der Waals surface area (Å²) < 4.78 is 0. The first-order valence-electron chi connectivity index (χ1n) is 8.35. The van der Waals surface area contributed by atoms with Crippen LogP contribution in [0.2, 0.25) is 0 Å². The lowest BCUT2D eigenvalue weighted by Gasteiger charge is -2.30. The second-order valence-corrected chi connectivity index (χ2v) is 6.17. The highest BCUT2D eigenvalue weighted by molar-refractivity contribution is 5.91. The number of hydrogen-bond donors (Lipinski definition) is 1. The standard InChI is InChI=1S/C18H21N5O2/c19-17(24)12-14-8-10-22(11-9-14)18(25)7-6-15-13-20-23(21-15)16-4-2-1-3-5-16/h1-7,13-14H,8-12H2,(H2,19,24)/b7-6+. The molecule has 130 valence electrons. The maximum absolute atomic E-state index is 12.3. The van der Waals surface area contributed by atoms with Gasteiger partial charge in [0.25, 0.3) is 0 Å². The average Bonchev–Trinajstić information content (AvgIpc) is 3.10. The number of amides is 2. The third kappa shape index (κ3) is 4.53. The fraction of sp³-hybridized carbons (Fsp3) is 0.333. The fourth-order valence-corrected chi connectivity index (χ4v) is 2.94. The topological polar surface area (TPSA) is 94.1 Å². The van der Waals surface area contributed by atoms with E-state index >= 15 is 0 Å². The highest BCUT2D eigenvalue weighted by Crippen LogP contribution is 2.20. The van der Waals surface area contributed by atoms with E-state index in [2.05, 4.69) is 10.2 Å². The third-order valence-corrected chi connectivity index (χ3v) is 4.31. The van der Waals surface area contributed by atoms with Gasteiger partial charge in [0, 0.05) is 25.6 Å². The molecule has 0 bridgehead atoms. The molecule has 0 spiro atoms. The Labute approximate surface area is 146 Å². The van der Waals surface area contributed by atoms with Crippen molar-refractivity contribution in [3.05, 3.63) is 48.3 Å². The summed E-state index contributed by atoms with van der Waals surface area (Å²) in [6.07, 6.45) is 6.84. The van der Waals surface area contributed by atoms with E-state index in [0.29, 0.717) is 25.2 Å². The van der Waals surface area contributed by atoms with E-state index in [1.807, 2.05) is 30.3 Å². The molecule has 0 aliphatic carbocycles. The average molecular weight is 339 g/mol. The summed E-state index contributed by atoms with van der Waals surface area (Å²) in [6.45, 7) is 1.30. The van der Waals surface area contributed by atoms with E-state index in [4.69, 9.17) is 5.73 Å². The van der Waals surface area contributed by atoms with Crippen LogP contribution in [-0.4, -0.2) is 44.8 Å². The van der Waals surface area contributed by atoms with Crippen LogP contribution < -0.4 is 5.73 Å². The molecule has 3 rings (SSSR count). The number of rotatable bonds is 5. The van der Waals surface area contributed by atoms with Crippen molar-refractivity contribution in [2.24, 2.45) is 11.7 Å². The molecule has 0 saturated carbocycles. The number of hydrogen-bond acceptors (Lipinski definition) is 4. The Morgan fingerprint density at radius 1 is 1.20 bits per heavy atom. The van der Waals surface area contributed by atoms with Crippen molar-refractivity contribution in [3.63, 3.8) is 0 Å². The summed E-state index contributed by atoms with van der Waals surface area (Å²) in [7, 11) is 0. The molecular formula is C18H21N5O2. The van der Waals surface area contributed by atoms with E-state index < -0.39 is 0 Å². The molecule has 1 fully saturated rings. The normalized spacial score (nSPS) is 15.6. The molecule has 1 aliphatic heterocycles. The molecule has 2 heterocycles. The Bertz CT molecular complexity index is 761. The van der Waals surface area contributed by atoms with Gasteiger partial charge in [-0.15, -0.1) is 5.10 Å². The first-order chi connectivity index (χ1) is 12.1. The van der Waals surface area contributed by atoms with E-state index in [9.17, 15) is 9.59 Å². The van der Waals surface area contributed by atoms with E-state index in [-0.39, 0.29) is 17.7 Å². The smallest absolute Gasteiger partial charge is 0.246 e. The molecule has 7 nitrogen and oxygen atoms in total. The number of carbonyl (C=O) groups is 2. The van der Waals surface area contributed by atoms with Gasteiger partial charge in [0.2, 0.25) is 11.8 Å². The van der Waals surface area contributed by atoms with Crippen LogP contribution in [0.1, 0.15) is 25.0 Å². The number of nitrogens with two attached hydrogens (primary N) is 1. The van der Waals surface area contributed by atoms with Gasteiger partial charge in [-0.2, -0.15) is 9.90 Å². The minimum absolute atomic E-state index is 0.0493. The largest absolute Gasteiger partial charge is 0.370 e. The van der Waals surface area contributed by atoms with Crippen molar-refractivity contribution < 1.29 is 9.59 Å². The lowest BCUT2D eigenvalue weighted by Crippen LogP contribution is -2.38. The number of likely N-dealkylation sites (tertiary alicyclic amines) is 1. The molecule has 1 aliphatic rings. The van der Waals surface area contributed by atoms with Gasteiger partial charge < -0.3 is 10.6 Å². The molecule has 2 amide bonds. The van der Waals surface area contributed by atoms with Crippen LogP contribution in [0.15, 0.2) is 42.6 Å². The Balaban J connectivity index is 1.55. The van der Waals surface area contributed by atoms with Crippen LogP contribution in [0.4, 0.5) is 0 Å². The zero-order valence-electron chi connectivity index (χ0n) is 13.9. The molecule has 1 saturated heterocycles. The first-order valence-corrected chi connectivity index (χ1v) is 8.35. The van der Waals surface area contributed by atoms with Crippen LogP contribution >= 0.6 is 0 Å². The van der Waals surface area contributed by atoms with Crippen molar-refractivity contribution in [2.75, 3.05) is 13.1 Å². The molecule has 1 aromatic heterocycles. The zero-order valence-corrected chi connectivity index (χ0v) is 13.9.